The zero-order chi connectivity index (χ0) is 23.3. The maximum atomic E-state index is 13.2. The number of carbonyl (C=O) groups excluding carboxylic acids is 1. The fourth-order valence-electron chi connectivity index (χ4n) is 3.94. The molecule has 0 radical (unpaired) electrons. The summed E-state index contributed by atoms with van der Waals surface area (Å²) in [7, 11) is -0.697. The molecule has 174 valence electrons. The zero-order valence-electron chi connectivity index (χ0n) is 19.1. The Bertz CT molecular complexity index is 1050. The van der Waals surface area contributed by atoms with Gasteiger partial charge in [0.05, 0.1) is 19.9 Å². The first-order valence-corrected chi connectivity index (χ1v) is 12.2. The molecule has 1 fully saturated rings. The van der Waals surface area contributed by atoms with Crippen LogP contribution in [-0.2, 0) is 10.0 Å². The molecule has 0 N–H and O–H groups in total. The number of piperazine rings is 1. The van der Waals surface area contributed by atoms with Crippen molar-refractivity contribution in [2.45, 2.75) is 18.7 Å². The highest BCUT2D eigenvalue weighted by atomic mass is 32.2. The Hall–Kier alpha value is -2.78. The highest BCUT2D eigenvalue weighted by molar-refractivity contribution is 7.89. The molecule has 1 heterocycles. The van der Waals surface area contributed by atoms with E-state index in [1.165, 1.54) is 17.5 Å². The SMILES string of the molecule is CCN(CC)S(=O)(=O)c1cc(C(=O)N2CCN(c3ccccc3OC)CC2)ccc1OC. The van der Waals surface area contributed by atoms with Crippen molar-refractivity contribution in [1.82, 2.24) is 9.21 Å². The van der Waals surface area contributed by atoms with Crippen LogP contribution in [0.3, 0.4) is 0 Å². The molecule has 1 saturated heterocycles. The maximum absolute atomic E-state index is 13.2. The molecule has 0 atom stereocenters. The number of amides is 1. The van der Waals surface area contributed by atoms with Crippen molar-refractivity contribution < 1.29 is 22.7 Å². The first-order chi connectivity index (χ1) is 15.4. The van der Waals surface area contributed by atoms with E-state index in [4.69, 9.17) is 9.47 Å². The van der Waals surface area contributed by atoms with Gasteiger partial charge in [-0.25, -0.2) is 8.42 Å². The average Bonchev–Trinajstić information content (AvgIpc) is 2.83. The fraction of sp³-hybridized carbons (Fsp3) is 0.435. The van der Waals surface area contributed by atoms with Gasteiger partial charge in [0.2, 0.25) is 10.0 Å². The van der Waals surface area contributed by atoms with E-state index in [1.807, 2.05) is 24.3 Å². The van der Waals surface area contributed by atoms with Gasteiger partial charge >= 0.3 is 0 Å². The van der Waals surface area contributed by atoms with Crippen LogP contribution >= 0.6 is 0 Å². The molecule has 2 aromatic rings. The minimum absolute atomic E-state index is 0.0159. The van der Waals surface area contributed by atoms with Crippen molar-refractivity contribution in [2.75, 3.05) is 58.4 Å². The Morgan fingerprint density at radius 2 is 1.56 bits per heavy atom. The highest BCUT2D eigenvalue weighted by Gasteiger charge is 2.29. The summed E-state index contributed by atoms with van der Waals surface area (Å²) in [4.78, 5) is 17.1. The quantitative estimate of drug-likeness (QED) is 0.602. The Kier molecular flexibility index (Phi) is 7.63. The second kappa shape index (κ2) is 10.2. The minimum atomic E-state index is -3.77. The molecule has 1 amide bonds. The Morgan fingerprint density at radius 1 is 0.938 bits per heavy atom. The summed E-state index contributed by atoms with van der Waals surface area (Å²) in [6.07, 6.45) is 0. The number of benzene rings is 2. The summed E-state index contributed by atoms with van der Waals surface area (Å²) in [5, 5.41) is 0. The summed E-state index contributed by atoms with van der Waals surface area (Å²) < 4.78 is 38.3. The first-order valence-electron chi connectivity index (χ1n) is 10.7. The van der Waals surface area contributed by atoms with E-state index in [-0.39, 0.29) is 16.6 Å². The van der Waals surface area contributed by atoms with Crippen LogP contribution in [0, 0.1) is 0 Å². The highest BCUT2D eigenvalue weighted by Crippen LogP contribution is 2.30. The molecule has 3 rings (SSSR count). The summed E-state index contributed by atoms with van der Waals surface area (Å²) in [6.45, 7) is 6.62. The number of hydrogen-bond donors (Lipinski definition) is 0. The lowest BCUT2D eigenvalue weighted by Crippen LogP contribution is -2.48. The third-order valence-corrected chi connectivity index (χ3v) is 7.80. The summed E-state index contributed by atoms with van der Waals surface area (Å²) in [6, 6.07) is 12.4. The minimum Gasteiger partial charge on any atom is -0.495 e. The molecule has 32 heavy (non-hydrogen) atoms. The molecular weight excluding hydrogens is 430 g/mol. The Balaban J connectivity index is 1.80. The number of carbonyl (C=O) groups is 1. The zero-order valence-corrected chi connectivity index (χ0v) is 19.9. The molecule has 9 heteroatoms. The number of nitrogens with zero attached hydrogens (tertiary/aromatic N) is 3. The van der Waals surface area contributed by atoms with E-state index in [0.29, 0.717) is 44.8 Å². The molecule has 0 bridgehead atoms. The number of sulfonamides is 1. The number of rotatable bonds is 8. The van der Waals surface area contributed by atoms with E-state index in [1.54, 1.807) is 38.0 Å². The predicted molar refractivity (Wildman–Crippen MR) is 124 cm³/mol. The summed E-state index contributed by atoms with van der Waals surface area (Å²) in [5.74, 6) is 0.839. The van der Waals surface area contributed by atoms with E-state index < -0.39 is 10.0 Å². The van der Waals surface area contributed by atoms with Gasteiger partial charge in [-0.2, -0.15) is 4.31 Å². The van der Waals surface area contributed by atoms with Gasteiger partial charge in [-0.15, -0.1) is 0 Å². The summed E-state index contributed by atoms with van der Waals surface area (Å²) in [5.41, 5.74) is 1.33. The third-order valence-electron chi connectivity index (χ3n) is 5.73. The van der Waals surface area contributed by atoms with Gasteiger partial charge in [0.15, 0.2) is 0 Å². The van der Waals surface area contributed by atoms with Crippen LogP contribution in [0.25, 0.3) is 0 Å². The van der Waals surface area contributed by atoms with Crippen molar-refractivity contribution in [3.05, 3.63) is 48.0 Å². The topological polar surface area (TPSA) is 79.4 Å². The first kappa shape index (κ1) is 23.9. The predicted octanol–water partition coefficient (Wildman–Crippen LogP) is 2.70. The fourth-order valence-corrected chi connectivity index (χ4v) is 5.58. The third kappa shape index (κ3) is 4.68. The van der Waals surface area contributed by atoms with Crippen LogP contribution in [0.4, 0.5) is 5.69 Å². The molecule has 0 spiro atoms. The molecule has 8 nitrogen and oxygen atoms in total. The van der Waals surface area contributed by atoms with Crippen LogP contribution in [0.15, 0.2) is 47.4 Å². The van der Waals surface area contributed by atoms with Gasteiger partial charge in [0.1, 0.15) is 16.4 Å². The molecular formula is C23H31N3O5S. The van der Waals surface area contributed by atoms with E-state index >= 15 is 0 Å². The van der Waals surface area contributed by atoms with Gasteiger partial charge in [0.25, 0.3) is 5.91 Å². The number of ether oxygens (including phenoxy) is 2. The van der Waals surface area contributed by atoms with E-state index in [0.717, 1.165) is 11.4 Å². The van der Waals surface area contributed by atoms with Crippen LogP contribution in [-0.4, -0.2) is 77.0 Å². The smallest absolute Gasteiger partial charge is 0.254 e. The number of hydrogen-bond acceptors (Lipinski definition) is 6. The monoisotopic (exact) mass is 461 g/mol. The summed E-state index contributed by atoms with van der Waals surface area (Å²) >= 11 is 0. The van der Waals surface area contributed by atoms with Gasteiger partial charge < -0.3 is 19.3 Å². The van der Waals surface area contributed by atoms with Crippen molar-refractivity contribution >= 4 is 21.6 Å². The molecule has 0 aliphatic carbocycles. The van der Waals surface area contributed by atoms with E-state index in [2.05, 4.69) is 4.90 Å². The molecule has 0 aromatic heterocycles. The number of para-hydroxylation sites is 2. The van der Waals surface area contributed by atoms with E-state index in [9.17, 15) is 13.2 Å². The van der Waals surface area contributed by atoms with Crippen molar-refractivity contribution in [3.8, 4) is 11.5 Å². The van der Waals surface area contributed by atoms with Crippen molar-refractivity contribution in [2.24, 2.45) is 0 Å². The lowest BCUT2D eigenvalue weighted by atomic mass is 10.1. The van der Waals surface area contributed by atoms with Crippen LogP contribution in [0.2, 0.25) is 0 Å². The van der Waals surface area contributed by atoms with Crippen LogP contribution in [0.5, 0.6) is 11.5 Å². The van der Waals surface area contributed by atoms with Crippen molar-refractivity contribution in [1.29, 1.82) is 0 Å². The lowest BCUT2D eigenvalue weighted by molar-refractivity contribution is 0.0746. The van der Waals surface area contributed by atoms with Crippen LogP contribution < -0.4 is 14.4 Å². The second-order valence-corrected chi connectivity index (χ2v) is 9.31. The van der Waals surface area contributed by atoms with Gasteiger partial charge in [0, 0.05) is 44.8 Å². The number of anilines is 1. The molecule has 0 unspecified atom stereocenters. The number of methoxy groups -OCH3 is 2. The van der Waals surface area contributed by atoms with Gasteiger partial charge in [-0.05, 0) is 30.3 Å². The normalized spacial score (nSPS) is 14.5. The maximum Gasteiger partial charge on any atom is 0.254 e. The lowest BCUT2D eigenvalue weighted by Gasteiger charge is -2.36. The molecule has 1 aliphatic heterocycles. The van der Waals surface area contributed by atoms with Gasteiger partial charge in [-0.3, -0.25) is 4.79 Å². The second-order valence-electron chi connectivity index (χ2n) is 7.41. The molecule has 1 aliphatic rings. The van der Waals surface area contributed by atoms with Crippen molar-refractivity contribution in [3.63, 3.8) is 0 Å². The Labute approximate surface area is 190 Å². The molecule has 2 aromatic carbocycles. The standard InChI is InChI=1S/C23H31N3O5S/c1-5-26(6-2)32(28,29)22-17-18(11-12-21(22)31-4)23(27)25-15-13-24(14-16-25)19-9-7-8-10-20(19)30-3/h7-12,17H,5-6,13-16H2,1-4H3. The van der Waals surface area contributed by atoms with Gasteiger partial charge in [-0.1, -0.05) is 26.0 Å². The largest absolute Gasteiger partial charge is 0.495 e. The average molecular weight is 462 g/mol. The Morgan fingerprint density at radius 3 is 2.16 bits per heavy atom. The van der Waals surface area contributed by atoms with Crippen LogP contribution in [0.1, 0.15) is 24.2 Å². The molecule has 0 saturated carbocycles.